The van der Waals surface area contributed by atoms with Gasteiger partial charge in [-0.3, -0.25) is 19.4 Å². The van der Waals surface area contributed by atoms with Gasteiger partial charge in [0, 0.05) is 44.8 Å². The molecule has 166 valence electrons. The third-order valence-corrected chi connectivity index (χ3v) is 6.00. The maximum absolute atomic E-state index is 12.6. The Morgan fingerprint density at radius 2 is 1.70 bits per heavy atom. The minimum atomic E-state index is -0.0896. The molecular weight excluding hydrogens is 384 g/mol. The average molecular weight is 419 g/mol. The van der Waals surface area contributed by atoms with Crippen LogP contribution in [0.4, 0.5) is 5.69 Å². The van der Waals surface area contributed by atoms with E-state index < -0.39 is 0 Å². The number of ether oxygens (including phenoxy) is 2. The maximum atomic E-state index is 12.6. The monoisotopic (exact) mass is 418 g/mol. The lowest BCUT2D eigenvalue weighted by Crippen LogP contribution is -2.53. The summed E-state index contributed by atoms with van der Waals surface area (Å²) in [5.74, 6) is 1.40. The van der Waals surface area contributed by atoms with E-state index in [9.17, 15) is 9.59 Å². The number of rotatable bonds is 7. The smallest absolute Gasteiger partial charge is 0.238 e. The third-order valence-electron chi connectivity index (χ3n) is 6.00. The molecule has 2 fully saturated rings. The van der Waals surface area contributed by atoms with Gasteiger partial charge >= 0.3 is 0 Å². The van der Waals surface area contributed by atoms with E-state index in [1.165, 1.54) is 6.42 Å². The number of methoxy groups -OCH3 is 2. The lowest BCUT2D eigenvalue weighted by Gasteiger charge is -2.37. The highest BCUT2D eigenvalue weighted by atomic mass is 16.5. The van der Waals surface area contributed by atoms with E-state index in [2.05, 4.69) is 22.0 Å². The lowest BCUT2D eigenvalue weighted by molar-refractivity contribution is -0.136. The summed E-state index contributed by atoms with van der Waals surface area (Å²) in [7, 11) is 3.16. The van der Waals surface area contributed by atoms with Gasteiger partial charge in [0.15, 0.2) is 0 Å². The fourth-order valence-corrected chi connectivity index (χ4v) is 4.16. The zero-order valence-electron chi connectivity index (χ0n) is 18.4. The van der Waals surface area contributed by atoms with Crippen LogP contribution >= 0.6 is 0 Å². The number of hydrogen-bond acceptors (Lipinski definition) is 6. The number of nitrogens with zero attached hydrogens (tertiary/aromatic N) is 3. The molecule has 0 radical (unpaired) electrons. The maximum Gasteiger partial charge on any atom is 0.238 e. The fourth-order valence-electron chi connectivity index (χ4n) is 4.16. The highest BCUT2D eigenvalue weighted by molar-refractivity contribution is 5.94. The Morgan fingerprint density at radius 1 is 1.00 bits per heavy atom. The van der Waals surface area contributed by atoms with Gasteiger partial charge in [0.05, 0.1) is 33.0 Å². The van der Waals surface area contributed by atoms with Crippen molar-refractivity contribution >= 4 is 17.5 Å². The second-order valence-electron chi connectivity index (χ2n) is 8.10. The largest absolute Gasteiger partial charge is 0.497 e. The summed E-state index contributed by atoms with van der Waals surface area (Å²) in [6.45, 7) is 6.94. The first-order chi connectivity index (χ1) is 14.5. The second kappa shape index (κ2) is 10.6. The molecule has 2 aliphatic heterocycles. The summed E-state index contributed by atoms with van der Waals surface area (Å²) >= 11 is 0. The number of amides is 2. The molecule has 1 N–H and O–H groups in total. The first-order valence-electron chi connectivity index (χ1n) is 10.8. The van der Waals surface area contributed by atoms with E-state index in [4.69, 9.17) is 9.47 Å². The number of benzene rings is 1. The fraction of sp³-hybridized carbons (Fsp3) is 0.636. The molecule has 0 aliphatic carbocycles. The Kier molecular flexibility index (Phi) is 7.93. The van der Waals surface area contributed by atoms with Crippen molar-refractivity contribution in [1.82, 2.24) is 14.7 Å². The summed E-state index contributed by atoms with van der Waals surface area (Å²) in [6.07, 6.45) is 3.43. The predicted octanol–water partition coefficient (Wildman–Crippen LogP) is 1.66. The predicted molar refractivity (Wildman–Crippen MR) is 116 cm³/mol. The van der Waals surface area contributed by atoms with Crippen LogP contribution in [0.1, 0.15) is 26.2 Å². The first-order valence-corrected chi connectivity index (χ1v) is 10.8. The van der Waals surface area contributed by atoms with Crippen molar-refractivity contribution in [3.05, 3.63) is 18.2 Å². The SMILES string of the molecule is COc1ccc(OC)c(NC(=O)CN2CCN(CC(=O)N3CCCCC3C)CC2)c1. The molecule has 0 spiro atoms. The highest BCUT2D eigenvalue weighted by Gasteiger charge is 2.26. The topological polar surface area (TPSA) is 74.4 Å². The highest BCUT2D eigenvalue weighted by Crippen LogP contribution is 2.28. The van der Waals surface area contributed by atoms with E-state index in [0.717, 1.165) is 45.6 Å². The molecule has 1 unspecified atom stereocenters. The average Bonchev–Trinajstić information content (AvgIpc) is 2.75. The van der Waals surface area contributed by atoms with Crippen LogP contribution < -0.4 is 14.8 Å². The standard InChI is InChI=1S/C22H34N4O4/c1-17-6-4-5-9-26(17)22(28)16-25-12-10-24(11-13-25)15-21(27)23-19-14-18(29-2)7-8-20(19)30-3/h7-8,14,17H,4-6,9-13,15-16H2,1-3H3,(H,23,27). The van der Waals surface area contributed by atoms with Crippen LogP contribution in [0.5, 0.6) is 11.5 Å². The molecule has 1 aromatic rings. The van der Waals surface area contributed by atoms with Gasteiger partial charge in [-0.25, -0.2) is 0 Å². The van der Waals surface area contributed by atoms with Crippen LogP contribution in [0.2, 0.25) is 0 Å². The number of likely N-dealkylation sites (tertiary alicyclic amines) is 1. The number of piperidine rings is 1. The lowest BCUT2D eigenvalue weighted by atomic mass is 10.0. The van der Waals surface area contributed by atoms with Gasteiger partial charge in [0.2, 0.25) is 11.8 Å². The van der Waals surface area contributed by atoms with Crippen molar-refractivity contribution in [2.24, 2.45) is 0 Å². The van der Waals surface area contributed by atoms with Gasteiger partial charge in [-0.1, -0.05) is 0 Å². The molecule has 0 saturated carbocycles. The van der Waals surface area contributed by atoms with Crippen molar-refractivity contribution in [1.29, 1.82) is 0 Å². The van der Waals surface area contributed by atoms with Crippen molar-refractivity contribution in [2.45, 2.75) is 32.2 Å². The molecule has 8 heteroatoms. The summed E-state index contributed by atoms with van der Waals surface area (Å²) in [5.41, 5.74) is 0.599. The summed E-state index contributed by atoms with van der Waals surface area (Å²) in [5, 5.41) is 2.91. The van der Waals surface area contributed by atoms with Crippen LogP contribution in [-0.4, -0.2) is 92.6 Å². The van der Waals surface area contributed by atoms with Crippen LogP contribution in [0.15, 0.2) is 18.2 Å². The van der Waals surface area contributed by atoms with Gasteiger partial charge in [-0.2, -0.15) is 0 Å². The number of carbonyl (C=O) groups is 2. The van der Waals surface area contributed by atoms with Gasteiger partial charge < -0.3 is 19.7 Å². The minimum Gasteiger partial charge on any atom is -0.497 e. The van der Waals surface area contributed by atoms with Gasteiger partial charge in [-0.05, 0) is 38.3 Å². The molecule has 1 atom stereocenters. The number of hydrogen-bond donors (Lipinski definition) is 1. The molecule has 2 heterocycles. The van der Waals surface area contributed by atoms with E-state index in [1.54, 1.807) is 32.4 Å². The van der Waals surface area contributed by atoms with Crippen LogP contribution in [0.25, 0.3) is 0 Å². The van der Waals surface area contributed by atoms with E-state index in [0.29, 0.717) is 36.3 Å². The molecule has 1 aromatic carbocycles. The van der Waals surface area contributed by atoms with Crippen molar-refractivity contribution in [3.8, 4) is 11.5 Å². The van der Waals surface area contributed by atoms with E-state index in [1.807, 2.05) is 4.90 Å². The quantitative estimate of drug-likeness (QED) is 0.726. The zero-order chi connectivity index (χ0) is 21.5. The van der Waals surface area contributed by atoms with Gasteiger partial charge in [-0.15, -0.1) is 0 Å². The molecule has 2 saturated heterocycles. The zero-order valence-corrected chi connectivity index (χ0v) is 18.4. The third kappa shape index (κ3) is 5.86. The first kappa shape index (κ1) is 22.4. The minimum absolute atomic E-state index is 0.0896. The Morgan fingerprint density at radius 3 is 2.33 bits per heavy atom. The number of piperazine rings is 1. The summed E-state index contributed by atoms with van der Waals surface area (Å²) in [6, 6.07) is 5.67. The molecule has 0 aromatic heterocycles. The Labute approximate surface area is 179 Å². The molecule has 8 nitrogen and oxygen atoms in total. The molecular formula is C22H34N4O4. The number of nitrogens with one attached hydrogen (secondary N) is 1. The van der Waals surface area contributed by atoms with Gasteiger partial charge in [0.1, 0.15) is 11.5 Å². The van der Waals surface area contributed by atoms with Gasteiger partial charge in [0.25, 0.3) is 0 Å². The molecule has 3 rings (SSSR count). The van der Waals surface area contributed by atoms with Crippen molar-refractivity contribution in [2.75, 3.05) is 65.3 Å². The van der Waals surface area contributed by atoms with Crippen molar-refractivity contribution < 1.29 is 19.1 Å². The normalized spacial score (nSPS) is 20.6. The Hall–Kier alpha value is -2.32. The Bertz CT molecular complexity index is 734. The summed E-state index contributed by atoms with van der Waals surface area (Å²) in [4.78, 5) is 31.5. The molecule has 2 amide bonds. The van der Waals surface area contributed by atoms with Crippen LogP contribution in [-0.2, 0) is 9.59 Å². The Balaban J connectivity index is 1.44. The number of anilines is 1. The van der Waals surface area contributed by atoms with Crippen LogP contribution in [0.3, 0.4) is 0 Å². The molecule has 0 bridgehead atoms. The summed E-state index contributed by atoms with van der Waals surface area (Å²) < 4.78 is 10.5. The van der Waals surface area contributed by atoms with Crippen molar-refractivity contribution in [3.63, 3.8) is 0 Å². The van der Waals surface area contributed by atoms with E-state index in [-0.39, 0.29) is 11.8 Å². The molecule has 30 heavy (non-hydrogen) atoms. The van der Waals surface area contributed by atoms with Crippen LogP contribution in [0, 0.1) is 0 Å². The number of carbonyl (C=O) groups excluding carboxylic acids is 2. The second-order valence-corrected chi connectivity index (χ2v) is 8.10. The molecule has 2 aliphatic rings. The van der Waals surface area contributed by atoms with E-state index >= 15 is 0 Å².